The number of imidazole rings is 1. The summed E-state index contributed by atoms with van der Waals surface area (Å²) in [6.45, 7) is 0.415. The van der Waals surface area contributed by atoms with E-state index in [1.807, 2.05) is 12.1 Å². The lowest BCUT2D eigenvalue weighted by Crippen LogP contribution is -2.29. The molecule has 0 saturated carbocycles. The molecular weight excluding hydrogens is 316 g/mol. The van der Waals surface area contributed by atoms with E-state index in [0.29, 0.717) is 24.5 Å². The average molecular weight is 334 g/mol. The van der Waals surface area contributed by atoms with Crippen LogP contribution in [0.4, 0.5) is 5.82 Å². The van der Waals surface area contributed by atoms with Gasteiger partial charge in [-0.15, -0.1) is 0 Å². The molecule has 0 unspecified atom stereocenters. The second-order valence-electron chi connectivity index (χ2n) is 4.95. The van der Waals surface area contributed by atoms with Gasteiger partial charge < -0.3 is 29.5 Å². The predicted molar refractivity (Wildman–Crippen MR) is 85.1 cm³/mol. The lowest BCUT2D eigenvalue weighted by Gasteiger charge is -2.10. The van der Waals surface area contributed by atoms with Gasteiger partial charge in [0, 0.05) is 6.54 Å². The Morgan fingerprint density at radius 3 is 2.71 bits per heavy atom. The zero-order chi connectivity index (χ0) is 17.5. The fourth-order valence-corrected chi connectivity index (χ4v) is 2.13. The molecule has 1 aromatic carbocycles. The number of hydrogen-bond acceptors (Lipinski definition) is 6. The van der Waals surface area contributed by atoms with Gasteiger partial charge in [-0.05, 0) is 34.0 Å². The minimum absolute atomic E-state index is 0.0211. The molecule has 9 heteroatoms. The second kappa shape index (κ2) is 7.95. The zero-order valence-electron chi connectivity index (χ0n) is 13.4. The molecule has 1 amide bonds. The number of carbonyl (C=O) groups is 1. The summed E-state index contributed by atoms with van der Waals surface area (Å²) in [5, 5.41) is 13.3. The van der Waals surface area contributed by atoms with Gasteiger partial charge in [0.2, 0.25) is 12.2 Å². The van der Waals surface area contributed by atoms with Gasteiger partial charge in [-0.2, -0.15) is 0 Å². The lowest BCUT2D eigenvalue weighted by atomic mass is 10.1. The van der Waals surface area contributed by atoms with Crippen LogP contribution in [0.3, 0.4) is 0 Å². The Morgan fingerprint density at radius 2 is 2.08 bits per heavy atom. The minimum atomic E-state index is -0.606. The van der Waals surface area contributed by atoms with Crippen LogP contribution in [0.1, 0.15) is 5.56 Å². The van der Waals surface area contributed by atoms with Gasteiger partial charge in [-0.1, -0.05) is 6.07 Å². The first kappa shape index (κ1) is 17.3. The quantitative estimate of drug-likeness (QED) is 0.573. The topological polar surface area (TPSA) is 109 Å². The molecule has 0 saturated heterocycles. The largest absolute Gasteiger partial charge is 0.493 e. The number of nitro groups is 1. The second-order valence-corrected chi connectivity index (χ2v) is 4.95. The normalized spacial score (nSPS) is 10.2. The molecular formula is C15H18N4O5. The third kappa shape index (κ3) is 4.45. The summed E-state index contributed by atoms with van der Waals surface area (Å²) in [5.41, 5.74) is 0.992. The van der Waals surface area contributed by atoms with Crippen molar-refractivity contribution in [3.05, 3.63) is 46.4 Å². The van der Waals surface area contributed by atoms with E-state index in [0.717, 1.165) is 5.56 Å². The maximum atomic E-state index is 11.8. The Kier molecular flexibility index (Phi) is 5.72. The van der Waals surface area contributed by atoms with Crippen LogP contribution < -0.4 is 14.8 Å². The number of carbonyl (C=O) groups excluding carboxylic acids is 1. The Labute approximate surface area is 138 Å². The highest BCUT2D eigenvalue weighted by atomic mass is 16.6. The molecule has 1 N–H and O–H groups in total. The molecule has 0 spiro atoms. The monoisotopic (exact) mass is 334 g/mol. The number of aromatic nitrogens is 2. The fourth-order valence-electron chi connectivity index (χ4n) is 2.13. The number of ether oxygens (including phenoxy) is 2. The minimum Gasteiger partial charge on any atom is -0.493 e. The van der Waals surface area contributed by atoms with Crippen molar-refractivity contribution in [3.8, 4) is 11.5 Å². The van der Waals surface area contributed by atoms with Crippen molar-refractivity contribution >= 4 is 11.7 Å². The van der Waals surface area contributed by atoms with Crippen molar-refractivity contribution in [3.63, 3.8) is 0 Å². The molecule has 9 nitrogen and oxygen atoms in total. The van der Waals surface area contributed by atoms with E-state index in [1.165, 1.54) is 17.1 Å². The molecule has 2 aromatic rings. The molecule has 0 aliphatic rings. The summed E-state index contributed by atoms with van der Waals surface area (Å²) >= 11 is 0. The Morgan fingerprint density at radius 1 is 1.33 bits per heavy atom. The summed E-state index contributed by atoms with van der Waals surface area (Å²) in [5.74, 6) is 0.745. The molecule has 0 atom stereocenters. The van der Waals surface area contributed by atoms with Crippen molar-refractivity contribution in [1.29, 1.82) is 0 Å². The predicted octanol–water partition coefficient (Wildman–Crippen LogP) is 1.17. The van der Waals surface area contributed by atoms with Crippen LogP contribution in [0.25, 0.3) is 0 Å². The van der Waals surface area contributed by atoms with Crippen molar-refractivity contribution in [2.75, 3.05) is 20.8 Å². The summed E-state index contributed by atoms with van der Waals surface area (Å²) < 4.78 is 11.8. The molecule has 0 aliphatic carbocycles. The number of hydrogen-bond donors (Lipinski definition) is 1. The van der Waals surface area contributed by atoms with Gasteiger partial charge in [0.25, 0.3) is 0 Å². The van der Waals surface area contributed by atoms with Gasteiger partial charge >= 0.3 is 5.82 Å². The number of amides is 1. The van der Waals surface area contributed by atoms with Crippen LogP contribution >= 0.6 is 0 Å². The Hall–Kier alpha value is -3.10. The molecule has 0 aliphatic heterocycles. The van der Waals surface area contributed by atoms with E-state index in [9.17, 15) is 14.9 Å². The third-order valence-corrected chi connectivity index (χ3v) is 3.32. The van der Waals surface area contributed by atoms with Crippen molar-refractivity contribution in [2.45, 2.75) is 13.0 Å². The van der Waals surface area contributed by atoms with E-state index in [1.54, 1.807) is 20.3 Å². The van der Waals surface area contributed by atoms with Crippen LogP contribution in [0, 0.1) is 10.1 Å². The van der Waals surface area contributed by atoms with Crippen LogP contribution in [-0.2, 0) is 17.8 Å². The van der Waals surface area contributed by atoms with Gasteiger partial charge in [0.1, 0.15) is 12.7 Å². The molecule has 0 bridgehead atoms. The highest BCUT2D eigenvalue weighted by Crippen LogP contribution is 2.27. The van der Waals surface area contributed by atoms with E-state index in [2.05, 4.69) is 10.3 Å². The number of nitrogens with one attached hydrogen (secondary N) is 1. The molecule has 1 aromatic heterocycles. The Balaban J connectivity index is 1.82. The van der Waals surface area contributed by atoms with Crippen LogP contribution in [-0.4, -0.2) is 41.1 Å². The van der Waals surface area contributed by atoms with Gasteiger partial charge in [0.15, 0.2) is 11.5 Å². The van der Waals surface area contributed by atoms with E-state index >= 15 is 0 Å². The van der Waals surface area contributed by atoms with Crippen molar-refractivity contribution in [1.82, 2.24) is 14.9 Å². The average Bonchev–Trinajstić information content (AvgIpc) is 3.03. The highest BCUT2D eigenvalue weighted by molar-refractivity contribution is 5.75. The number of methoxy groups -OCH3 is 2. The number of nitrogens with zero attached hydrogens (tertiary/aromatic N) is 3. The smallest absolute Gasteiger partial charge is 0.381 e. The SMILES string of the molecule is COc1ccc(CCNC(=O)Cn2cnc([N+](=O)[O-])c2)cc1OC. The first-order chi connectivity index (χ1) is 11.5. The molecule has 0 fully saturated rings. The van der Waals surface area contributed by atoms with Gasteiger partial charge in [-0.3, -0.25) is 4.79 Å². The van der Waals surface area contributed by atoms with Crippen LogP contribution in [0.15, 0.2) is 30.7 Å². The molecule has 2 rings (SSSR count). The number of benzene rings is 1. The first-order valence-corrected chi connectivity index (χ1v) is 7.17. The van der Waals surface area contributed by atoms with Crippen LogP contribution in [0.2, 0.25) is 0 Å². The fraction of sp³-hybridized carbons (Fsp3) is 0.333. The first-order valence-electron chi connectivity index (χ1n) is 7.17. The van der Waals surface area contributed by atoms with E-state index in [-0.39, 0.29) is 18.3 Å². The Bertz CT molecular complexity index is 728. The summed E-state index contributed by atoms with van der Waals surface area (Å²) in [7, 11) is 3.13. The highest BCUT2D eigenvalue weighted by Gasteiger charge is 2.12. The standard InChI is InChI=1S/C15H18N4O5/c1-23-12-4-3-11(7-13(12)24-2)5-6-16-15(20)9-18-8-14(17-10-18)19(21)22/h3-4,7-8,10H,5-6,9H2,1-2H3,(H,16,20). The molecule has 24 heavy (non-hydrogen) atoms. The van der Waals surface area contributed by atoms with Gasteiger partial charge in [0.05, 0.1) is 14.2 Å². The third-order valence-electron chi connectivity index (χ3n) is 3.32. The molecule has 128 valence electrons. The van der Waals surface area contributed by atoms with E-state index < -0.39 is 4.92 Å². The number of rotatable bonds is 8. The summed E-state index contributed by atoms with van der Waals surface area (Å²) in [4.78, 5) is 25.4. The van der Waals surface area contributed by atoms with Crippen molar-refractivity contribution in [2.24, 2.45) is 0 Å². The summed E-state index contributed by atoms with van der Waals surface area (Å²) in [6, 6.07) is 5.55. The molecule has 0 radical (unpaired) electrons. The lowest BCUT2D eigenvalue weighted by molar-refractivity contribution is -0.389. The zero-order valence-corrected chi connectivity index (χ0v) is 13.4. The van der Waals surface area contributed by atoms with Crippen molar-refractivity contribution < 1.29 is 19.2 Å². The maximum Gasteiger partial charge on any atom is 0.381 e. The van der Waals surface area contributed by atoms with E-state index in [4.69, 9.17) is 9.47 Å². The van der Waals surface area contributed by atoms with Gasteiger partial charge in [-0.25, -0.2) is 0 Å². The van der Waals surface area contributed by atoms with Crippen LogP contribution in [0.5, 0.6) is 11.5 Å². The molecule has 1 heterocycles. The summed E-state index contributed by atoms with van der Waals surface area (Å²) in [6.07, 6.45) is 3.09. The maximum absolute atomic E-state index is 11.8.